The molecule has 0 aliphatic heterocycles. The molecule has 1 aromatic carbocycles. The maximum absolute atomic E-state index is 13.0. The van der Waals surface area contributed by atoms with Gasteiger partial charge in [0.15, 0.2) is 0 Å². The van der Waals surface area contributed by atoms with Crippen molar-refractivity contribution in [3.05, 3.63) is 35.6 Å². The van der Waals surface area contributed by atoms with Crippen LogP contribution in [0.15, 0.2) is 24.3 Å². The molecule has 0 amide bonds. The fourth-order valence-corrected chi connectivity index (χ4v) is 2.27. The Hall–Kier alpha value is -0.930. The van der Waals surface area contributed by atoms with Gasteiger partial charge < -0.3 is 10.2 Å². The second-order valence-electron chi connectivity index (χ2n) is 5.58. The number of rotatable bonds is 9. The van der Waals surface area contributed by atoms with E-state index in [0.29, 0.717) is 12.1 Å². The van der Waals surface area contributed by atoms with Crippen molar-refractivity contribution in [1.82, 2.24) is 10.2 Å². The maximum atomic E-state index is 13.0. The SMILES string of the molecule is CCCNC(CCN(C)C(C)CC)c1ccc(F)cc1. The molecule has 0 aromatic heterocycles. The average Bonchev–Trinajstić information content (AvgIpc) is 2.47. The highest BCUT2D eigenvalue weighted by Crippen LogP contribution is 2.18. The number of halogens is 1. The molecule has 0 radical (unpaired) electrons. The third kappa shape index (κ3) is 5.59. The van der Waals surface area contributed by atoms with E-state index in [9.17, 15) is 4.39 Å². The molecular weight excluding hydrogens is 251 g/mol. The van der Waals surface area contributed by atoms with Crippen LogP contribution >= 0.6 is 0 Å². The van der Waals surface area contributed by atoms with Gasteiger partial charge in [-0.2, -0.15) is 0 Å². The van der Waals surface area contributed by atoms with E-state index in [1.807, 2.05) is 12.1 Å². The molecule has 0 spiro atoms. The Morgan fingerprint density at radius 1 is 1.20 bits per heavy atom. The Morgan fingerprint density at radius 2 is 1.85 bits per heavy atom. The van der Waals surface area contributed by atoms with E-state index in [2.05, 4.69) is 38.0 Å². The van der Waals surface area contributed by atoms with Crippen LogP contribution in [0.1, 0.15) is 51.6 Å². The van der Waals surface area contributed by atoms with Crippen LogP contribution in [-0.4, -0.2) is 31.1 Å². The van der Waals surface area contributed by atoms with Crippen molar-refractivity contribution in [2.75, 3.05) is 20.1 Å². The van der Waals surface area contributed by atoms with Crippen LogP contribution in [0.4, 0.5) is 4.39 Å². The first-order valence-corrected chi connectivity index (χ1v) is 7.77. The quantitative estimate of drug-likeness (QED) is 0.736. The van der Waals surface area contributed by atoms with Gasteiger partial charge in [0.05, 0.1) is 0 Å². The van der Waals surface area contributed by atoms with Crippen LogP contribution in [0.2, 0.25) is 0 Å². The number of hydrogen-bond donors (Lipinski definition) is 1. The Balaban J connectivity index is 2.62. The maximum Gasteiger partial charge on any atom is 0.123 e. The minimum atomic E-state index is -0.167. The van der Waals surface area contributed by atoms with Gasteiger partial charge in [-0.15, -0.1) is 0 Å². The summed E-state index contributed by atoms with van der Waals surface area (Å²) in [5.41, 5.74) is 1.18. The molecule has 0 saturated heterocycles. The van der Waals surface area contributed by atoms with Gasteiger partial charge in [-0.25, -0.2) is 4.39 Å². The summed E-state index contributed by atoms with van der Waals surface area (Å²) < 4.78 is 13.0. The molecule has 2 unspecified atom stereocenters. The van der Waals surface area contributed by atoms with Crippen molar-refractivity contribution in [3.63, 3.8) is 0 Å². The first kappa shape index (κ1) is 17.1. The number of nitrogens with zero attached hydrogens (tertiary/aromatic N) is 1. The summed E-state index contributed by atoms with van der Waals surface area (Å²) in [6.07, 6.45) is 3.32. The summed E-state index contributed by atoms with van der Waals surface area (Å²) in [6, 6.07) is 7.80. The molecule has 0 aliphatic carbocycles. The Labute approximate surface area is 123 Å². The third-order valence-electron chi connectivity index (χ3n) is 4.03. The second-order valence-corrected chi connectivity index (χ2v) is 5.58. The number of benzene rings is 1. The van der Waals surface area contributed by atoms with Gasteiger partial charge in [0, 0.05) is 12.1 Å². The molecule has 2 nitrogen and oxygen atoms in total. The lowest BCUT2D eigenvalue weighted by Gasteiger charge is -2.27. The Bertz CT molecular complexity index is 364. The topological polar surface area (TPSA) is 15.3 Å². The van der Waals surface area contributed by atoms with Crippen molar-refractivity contribution < 1.29 is 4.39 Å². The fourth-order valence-electron chi connectivity index (χ4n) is 2.27. The van der Waals surface area contributed by atoms with E-state index < -0.39 is 0 Å². The van der Waals surface area contributed by atoms with E-state index in [1.54, 1.807) is 12.1 Å². The van der Waals surface area contributed by atoms with E-state index in [0.717, 1.165) is 25.9 Å². The number of hydrogen-bond acceptors (Lipinski definition) is 2. The zero-order chi connectivity index (χ0) is 15.0. The molecule has 3 heteroatoms. The van der Waals surface area contributed by atoms with E-state index in [1.165, 1.54) is 12.0 Å². The van der Waals surface area contributed by atoms with Gasteiger partial charge in [-0.05, 0) is 64.0 Å². The summed E-state index contributed by atoms with van der Waals surface area (Å²) in [7, 11) is 2.18. The molecule has 20 heavy (non-hydrogen) atoms. The van der Waals surface area contributed by atoms with Crippen LogP contribution in [0.25, 0.3) is 0 Å². The van der Waals surface area contributed by atoms with Gasteiger partial charge >= 0.3 is 0 Å². The molecule has 1 aromatic rings. The highest BCUT2D eigenvalue weighted by atomic mass is 19.1. The molecule has 0 bridgehead atoms. The van der Waals surface area contributed by atoms with Gasteiger partial charge in [0.2, 0.25) is 0 Å². The average molecular weight is 280 g/mol. The van der Waals surface area contributed by atoms with E-state index in [-0.39, 0.29) is 5.82 Å². The minimum absolute atomic E-state index is 0.167. The molecular formula is C17H29FN2. The summed E-state index contributed by atoms with van der Waals surface area (Å²) in [4.78, 5) is 2.39. The van der Waals surface area contributed by atoms with Crippen LogP contribution in [-0.2, 0) is 0 Å². The van der Waals surface area contributed by atoms with Crippen LogP contribution in [0, 0.1) is 5.82 Å². The normalized spacial score (nSPS) is 14.5. The van der Waals surface area contributed by atoms with Crippen molar-refractivity contribution in [3.8, 4) is 0 Å². The van der Waals surface area contributed by atoms with Gasteiger partial charge in [0.25, 0.3) is 0 Å². The zero-order valence-corrected chi connectivity index (χ0v) is 13.3. The summed E-state index contributed by atoms with van der Waals surface area (Å²) >= 11 is 0. The minimum Gasteiger partial charge on any atom is -0.310 e. The lowest BCUT2D eigenvalue weighted by atomic mass is 10.0. The Kier molecular flexibility index (Phi) is 7.78. The monoisotopic (exact) mass is 280 g/mol. The van der Waals surface area contributed by atoms with E-state index in [4.69, 9.17) is 0 Å². The molecule has 2 atom stereocenters. The molecule has 1 rings (SSSR count). The van der Waals surface area contributed by atoms with Crippen LogP contribution in [0.3, 0.4) is 0 Å². The zero-order valence-electron chi connectivity index (χ0n) is 13.3. The molecule has 0 saturated carbocycles. The van der Waals surface area contributed by atoms with Crippen molar-refractivity contribution in [2.45, 2.75) is 52.1 Å². The summed E-state index contributed by atoms with van der Waals surface area (Å²) in [6.45, 7) is 8.68. The number of nitrogens with one attached hydrogen (secondary N) is 1. The van der Waals surface area contributed by atoms with Gasteiger partial charge in [0.1, 0.15) is 5.82 Å². The van der Waals surface area contributed by atoms with E-state index >= 15 is 0 Å². The predicted octanol–water partition coefficient (Wildman–Crippen LogP) is 3.99. The van der Waals surface area contributed by atoms with Crippen molar-refractivity contribution >= 4 is 0 Å². The summed E-state index contributed by atoms with van der Waals surface area (Å²) in [5, 5.41) is 3.57. The molecule has 114 valence electrons. The standard InChI is InChI=1S/C17H29FN2/c1-5-12-19-17(11-13-20(4)14(3)6-2)15-7-9-16(18)10-8-15/h7-10,14,17,19H,5-6,11-13H2,1-4H3. The summed E-state index contributed by atoms with van der Waals surface area (Å²) in [5.74, 6) is -0.167. The molecule has 0 fully saturated rings. The first-order valence-electron chi connectivity index (χ1n) is 7.77. The third-order valence-corrected chi connectivity index (χ3v) is 4.03. The van der Waals surface area contributed by atoms with Crippen molar-refractivity contribution in [1.29, 1.82) is 0 Å². The predicted molar refractivity (Wildman–Crippen MR) is 84.4 cm³/mol. The Morgan fingerprint density at radius 3 is 2.40 bits per heavy atom. The highest BCUT2D eigenvalue weighted by Gasteiger charge is 2.13. The highest BCUT2D eigenvalue weighted by molar-refractivity contribution is 5.20. The first-order chi connectivity index (χ1) is 9.58. The molecule has 1 N–H and O–H groups in total. The fraction of sp³-hybridized carbons (Fsp3) is 0.647. The molecule has 0 aliphatic rings. The molecule has 0 heterocycles. The lowest BCUT2D eigenvalue weighted by Crippen LogP contribution is -2.32. The smallest absolute Gasteiger partial charge is 0.123 e. The lowest BCUT2D eigenvalue weighted by molar-refractivity contribution is 0.237. The largest absolute Gasteiger partial charge is 0.310 e. The van der Waals surface area contributed by atoms with Crippen LogP contribution in [0.5, 0.6) is 0 Å². The van der Waals surface area contributed by atoms with Gasteiger partial charge in [-0.1, -0.05) is 26.0 Å². The van der Waals surface area contributed by atoms with Crippen molar-refractivity contribution in [2.24, 2.45) is 0 Å². The second kappa shape index (κ2) is 9.09. The van der Waals surface area contributed by atoms with Crippen LogP contribution < -0.4 is 5.32 Å². The van der Waals surface area contributed by atoms with Gasteiger partial charge in [-0.3, -0.25) is 0 Å².